The predicted octanol–water partition coefficient (Wildman–Crippen LogP) is -1.32. The maximum atomic E-state index is 11.5. The summed E-state index contributed by atoms with van der Waals surface area (Å²) in [6.07, 6.45) is 0. The molecule has 1 rings (SSSR count). The van der Waals surface area contributed by atoms with Gasteiger partial charge in [0.2, 0.25) is 0 Å². The van der Waals surface area contributed by atoms with Crippen molar-refractivity contribution in [3.05, 3.63) is 21.3 Å². The van der Waals surface area contributed by atoms with Gasteiger partial charge in [0.15, 0.2) is 0 Å². The molecule has 0 aromatic rings. The van der Waals surface area contributed by atoms with E-state index in [0.717, 1.165) is 0 Å². The van der Waals surface area contributed by atoms with Crippen molar-refractivity contribution in [3.63, 3.8) is 0 Å². The van der Waals surface area contributed by atoms with Gasteiger partial charge in [0.25, 0.3) is 0 Å². The fourth-order valence-electron chi connectivity index (χ4n) is 2.12. The molecule has 0 aliphatic heterocycles. The lowest BCUT2D eigenvalue weighted by molar-refractivity contribution is 0.354. The highest BCUT2D eigenvalue weighted by molar-refractivity contribution is 7.69. The van der Waals surface area contributed by atoms with Crippen molar-refractivity contribution in [2.45, 2.75) is 5.66 Å². The Bertz CT molecular complexity index is 829. The highest BCUT2D eigenvalue weighted by Crippen LogP contribution is 2.79. The van der Waals surface area contributed by atoms with E-state index in [1.165, 1.54) is 0 Å². The lowest BCUT2D eigenvalue weighted by Crippen LogP contribution is -2.13. The Morgan fingerprint density at radius 3 is 0.840 bits per heavy atom. The summed E-state index contributed by atoms with van der Waals surface area (Å²) >= 11 is 0. The highest BCUT2D eigenvalue weighted by Gasteiger charge is 2.61. The second-order valence-corrected chi connectivity index (χ2v) is 12.5. The summed E-state index contributed by atoms with van der Waals surface area (Å²) in [5.74, 6) is 0. The predicted molar refractivity (Wildman–Crippen MR) is 78.1 cm³/mol. The molecule has 0 saturated carbocycles. The highest BCUT2D eigenvalue weighted by atomic mass is 31.2. The molecule has 15 nitrogen and oxygen atoms in total. The maximum absolute atomic E-state index is 11.5. The van der Waals surface area contributed by atoms with Crippen molar-refractivity contribution >= 4 is 38.0 Å². The number of hydrogen-bond donors (Lipinski definition) is 10. The van der Waals surface area contributed by atoms with Crippen LogP contribution >= 0.6 is 38.0 Å². The minimum atomic E-state index is -6.08. The van der Waals surface area contributed by atoms with Gasteiger partial charge >= 0.3 is 38.0 Å². The zero-order valence-corrected chi connectivity index (χ0v) is 15.8. The summed E-state index contributed by atoms with van der Waals surface area (Å²) in [5.41, 5.74) is -3.33. The average Bonchev–Trinajstić information content (AvgIpc) is 2.61. The third kappa shape index (κ3) is 4.75. The van der Waals surface area contributed by atoms with E-state index in [1.54, 1.807) is 0 Å². The molecule has 1 aliphatic carbocycles. The molecule has 0 aromatic heterocycles. The van der Waals surface area contributed by atoms with Crippen molar-refractivity contribution in [1.82, 2.24) is 0 Å². The largest absolute Gasteiger partial charge is 0.357 e. The zero-order chi connectivity index (χ0) is 20.4. The van der Waals surface area contributed by atoms with Crippen LogP contribution in [0.3, 0.4) is 0 Å². The fraction of sp³-hybridized carbons (Fsp3) is 0.200. The van der Waals surface area contributed by atoms with E-state index in [1.807, 2.05) is 0 Å². The summed E-state index contributed by atoms with van der Waals surface area (Å²) in [6.45, 7) is 0. The van der Waals surface area contributed by atoms with Crippen LogP contribution < -0.4 is 0 Å². The third-order valence-corrected chi connectivity index (χ3v) is 9.21. The fourth-order valence-corrected chi connectivity index (χ4v) is 11.0. The molecule has 0 aromatic carbocycles. The van der Waals surface area contributed by atoms with Gasteiger partial charge < -0.3 is 48.9 Å². The molecule has 0 spiro atoms. The van der Waals surface area contributed by atoms with Gasteiger partial charge in [0, 0.05) is 0 Å². The molecule has 25 heavy (non-hydrogen) atoms. The lowest BCUT2D eigenvalue weighted by atomic mass is 10.4. The van der Waals surface area contributed by atoms with Gasteiger partial charge in [-0.15, -0.1) is 0 Å². The summed E-state index contributed by atoms with van der Waals surface area (Å²) in [4.78, 5) is 91.9. The summed E-state index contributed by atoms with van der Waals surface area (Å²) in [7, 11) is -30.3. The molecule has 0 saturated heterocycles. The van der Waals surface area contributed by atoms with Gasteiger partial charge in [-0.3, -0.25) is 22.8 Å². The van der Waals surface area contributed by atoms with Crippen molar-refractivity contribution in [3.8, 4) is 0 Å². The van der Waals surface area contributed by atoms with Crippen LogP contribution in [0.25, 0.3) is 0 Å². The first-order chi connectivity index (χ1) is 10.6. The second kappa shape index (κ2) is 6.39. The smallest absolute Gasteiger partial charge is 0.324 e. The Hall–Kier alpha value is 0.230. The molecule has 0 bridgehead atoms. The minimum absolute atomic E-state index is 2.16. The maximum Gasteiger partial charge on any atom is 0.357 e. The van der Waals surface area contributed by atoms with Crippen LogP contribution in [0.5, 0.6) is 0 Å². The van der Waals surface area contributed by atoms with E-state index in [2.05, 4.69) is 0 Å². The van der Waals surface area contributed by atoms with Crippen LogP contribution in [0.15, 0.2) is 21.3 Å². The van der Waals surface area contributed by atoms with Gasteiger partial charge in [-0.1, -0.05) is 0 Å². The molecular weight excluding hydrogens is 455 g/mol. The van der Waals surface area contributed by atoms with Crippen LogP contribution in [-0.2, 0) is 22.8 Å². The van der Waals surface area contributed by atoms with Gasteiger partial charge in [0.1, 0.15) is 5.66 Å². The SMILES string of the molecule is O=P(O)(O)C1=C(P(=O)(O)O)C(P(=O)(O)O)C(P(=O)(O)O)=C1P(=O)(O)O. The zero-order valence-electron chi connectivity index (χ0n) is 11.3. The Labute approximate surface area is 137 Å². The van der Waals surface area contributed by atoms with Crippen LogP contribution in [-0.4, -0.2) is 54.6 Å². The van der Waals surface area contributed by atoms with Gasteiger partial charge in [-0.05, 0) is 0 Å². The monoisotopic (exact) mass is 466 g/mol. The molecule has 0 amide bonds. The molecule has 0 fully saturated rings. The van der Waals surface area contributed by atoms with E-state index in [-0.39, 0.29) is 0 Å². The Balaban J connectivity index is 4.35. The van der Waals surface area contributed by atoms with E-state index < -0.39 is 64.9 Å². The van der Waals surface area contributed by atoms with Crippen molar-refractivity contribution < 1.29 is 71.8 Å². The minimum Gasteiger partial charge on any atom is -0.324 e. The van der Waals surface area contributed by atoms with Crippen LogP contribution in [0.1, 0.15) is 0 Å². The number of allylic oxidation sites excluding steroid dienone is 4. The molecule has 0 heterocycles. The number of rotatable bonds is 5. The Kier molecular flexibility index (Phi) is 5.95. The summed E-state index contributed by atoms with van der Waals surface area (Å²) < 4.78 is 57.6. The Morgan fingerprint density at radius 1 is 0.480 bits per heavy atom. The topological polar surface area (TPSA) is 288 Å². The normalized spacial score (nSPS) is 19.1. The molecular formula is C5H11O15P5. The van der Waals surface area contributed by atoms with Crippen LogP contribution in [0.2, 0.25) is 0 Å². The van der Waals surface area contributed by atoms with Crippen molar-refractivity contribution in [1.29, 1.82) is 0 Å². The van der Waals surface area contributed by atoms with Crippen molar-refractivity contribution in [2.24, 2.45) is 0 Å². The molecule has 10 N–H and O–H groups in total. The average molecular weight is 466 g/mol. The standard InChI is InChI=1S/C5H11O15P5/c6-21(7,8)1-2(22(9,10)11)4(24(15,16)17)5(25(18,19)20)3(1)23(12,13)14/h1H,(H2,6,7,8)(H2,9,10,11)(H2,12,13,14)(H2,15,16,17)(H2,18,19,20). The van der Waals surface area contributed by atoms with Gasteiger partial charge in [-0.25, -0.2) is 0 Å². The van der Waals surface area contributed by atoms with Gasteiger partial charge in [-0.2, -0.15) is 0 Å². The first-order valence-corrected chi connectivity index (χ1v) is 13.5. The molecule has 1 aliphatic rings. The Morgan fingerprint density at radius 2 is 0.720 bits per heavy atom. The number of hydrogen-bond acceptors (Lipinski definition) is 5. The first-order valence-electron chi connectivity index (χ1n) is 5.39. The molecule has 0 unspecified atom stereocenters. The molecule has 146 valence electrons. The van der Waals surface area contributed by atoms with Crippen molar-refractivity contribution in [2.75, 3.05) is 0 Å². The second-order valence-electron chi connectivity index (χ2n) is 4.64. The molecule has 0 atom stereocenters. The first kappa shape index (κ1) is 23.3. The van der Waals surface area contributed by atoms with Crippen LogP contribution in [0.4, 0.5) is 0 Å². The van der Waals surface area contributed by atoms with E-state index >= 15 is 0 Å². The third-order valence-electron chi connectivity index (χ3n) is 2.77. The van der Waals surface area contributed by atoms with Gasteiger partial charge in [0.05, 0.1) is 21.3 Å². The summed E-state index contributed by atoms with van der Waals surface area (Å²) in [5, 5.41) is -8.74. The molecule has 0 radical (unpaired) electrons. The van der Waals surface area contributed by atoms with Crippen LogP contribution in [0, 0.1) is 0 Å². The quantitative estimate of drug-likeness (QED) is 0.210. The van der Waals surface area contributed by atoms with E-state index in [0.29, 0.717) is 0 Å². The van der Waals surface area contributed by atoms with E-state index in [9.17, 15) is 71.8 Å². The van der Waals surface area contributed by atoms with E-state index in [4.69, 9.17) is 0 Å². The summed E-state index contributed by atoms with van der Waals surface area (Å²) in [6, 6.07) is 0. The lowest BCUT2D eigenvalue weighted by Gasteiger charge is -2.21. The molecule has 20 heteroatoms.